The van der Waals surface area contributed by atoms with Gasteiger partial charge in [-0.3, -0.25) is 10.7 Å². The van der Waals surface area contributed by atoms with Gasteiger partial charge in [-0.05, 0) is 58.0 Å². The van der Waals surface area contributed by atoms with Gasteiger partial charge in [0.1, 0.15) is 0 Å². The highest BCUT2D eigenvalue weighted by atomic mass is 16.2. The quantitative estimate of drug-likeness (QED) is 0.351. The Morgan fingerprint density at radius 2 is 2.00 bits per heavy atom. The second kappa shape index (κ2) is 10.3. The van der Waals surface area contributed by atoms with E-state index in [1.54, 1.807) is 0 Å². The smallest absolute Gasteiger partial charge is 0.315 e. The minimum absolute atomic E-state index is 0.0414. The fraction of sp³-hybridized carbons (Fsp3) is 0.941. The van der Waals surface area contributed by atoms with Gasteiger partial charge < -0.3 is 21.3 Å². The first kappa shape index (κ1) is 18.8. The van der Waals surface area contributed by atoms with Crippen molar-refractivity contribution in [3.63, 3.8) is 0 Å². The highest BCUT2D eigenvalue weighted by Gasteiger charge is 2.27. The molecule has 0 spiro atoms. The lowest BCUT2D eigenvalue weighted by molar-refractivity contribution is 0.110. The predicted molar refractivity (Wildman–Crippen MR) is 98.9 cm³/mol. The van der Waals surface area contributed by atoms with Gasteiger partial charge in [0.2, 0.25) is 0 Å². The summed E-state index contributed by atoms with van der Waals surface area (Å²) >= 11 is 0. The fourth-order valence-corrected chi connectivity index (χ4v) is 3.88. The molecule has 3 aliphatic rings. The molecule has 25 heavy (non-hydrogen) atoms. The topological polar surface area (TPSA) is 92.5 Å². The molecule has 0 bridgehead atoms. The summed E-state index contributed by atoms with van der Waals surface area (Å²) in [5.41, 5.74) is 3.41. The average molecular weight is 354 g/mol. The van der Waals surface area contributed by atoms with Crippen LogP contribution >= 0.6 is 0 Å². The fourth-order valence-electron chi connectivity index (χ4n) is 3.88. The van der Waals surface area contributed by atoms with E-state index in [4.69, 9.17) is 0 Å². The lowest BCUT2D eigenvalue weighted by Gasteiger charge is -2.35. The normalized spacial score (nSPS) is 31.0. The summed E-state index contributed by atoms with van der Waals surface area (Å²) in [6.07, 6.45) is 8.91. The minimum atomic E-state index is -0.0414. The molecule has 3 rings (SSSR count). The largest absolute Gasteiger partial charge is 0.338 e. The number of hydrogen-bond donors (Lipinski definition) is 6. The number of amides is 2. The zero-order valence-corrected chi connectivity index (χ0v) is 15.3. The molecule has 0 radical (unpaired) electrons. The van der Waals surface area contributed by atoms with Crippen molar-refractivity contribution in [3.8, 4) is 0 Å². The van der Waals surface area contributed by atoms with Crippen molar-refractivity contribution in [2.75, 3.05) is 39.3 Å². The predicted octanol–water partition coefficient (Wildman–Crippen LogP) is -0.347. The van der Waals surface area contributed by atoms with Crippen LogP contribution in [0, 0.1) is 0 Å². The number of rotatable bonds is 7. The van der Waals surface area contributed by atoms with Crippen LogP contribution in [0.25, 0.3) is 0 Å². The third kappa shape index (κ3) is 6.38. The summed E-state index contributed by atoms with van der Waals surface area (Å²) in [5.74, 6) is 0. The van der Waals surface area contributed by atoms with Gasteiger partial charge in [-0.2, -0.15) is 0 Å². The molecule has 3 atom stereocenters. The Balaban J connectivity index is 1.20. The van der Waals surface area contributed by atoms with Crippen molar-refractivity contribution in [1.29, 1.82) is 0 Å². The number of piperidine rings is 2. The van der Waals surface area contributed by atoms with E-state index in [0.29, 0.717) is 18.9 Å². The van der Waals surface area contributed by atoms with Crippen LogP contribution in [0.1, 0.15) is 44.9 Å². The van der Waals surface area contributed by atoms with Crippen molar-refractivity contribution >= 4 is 6.03 Å². The third-order valence-electron chi connectivity index (χ3n) is 5.33. The number of hydrazine groups is 1. The van der Waals surface area contributed by atoms with Gasteiger partial charge in [-0.25, -0.2) is 9.80 Å². The van der Waals surface area contributed by atoms with E-state index >= 15 is 0 Å². The SMILES string of the molecule is O=C(NCCCNC1CCCCN1)NC1CCC(N2CCCN2)NC1. The highest BCUT2D eigenvalue weighted by molar-refractivity contribution is 5.74. The maximum absolute atomic E-state index is 12.0. The number of nitrogens with one attached hydrogen (secondary N) is 6. The molecule has 144 valence electrons. The maximum Gasteiger partial charge on any atom is 0.315 e. The Kier molecular flexibility index (Phi) is 7.75. The van der Waals surface area contributed by atoms with Crippen LogP contribution in [0.4, 0.5) is 4.79 Å². The van der Waals surface area contributed by atoms with Crippen molar-refractivity contribution in [2.45, 2.75) is 63.3 Å². The van der Waals surface area contributed by atoms with Crippen LogP contribution < -0.4 is 32.0 Å². The molecule has 0 aromatic carbocycles. The Morgan fingerprint density at radius 1 is 1.04 bits per heavy atom. The first-order chi connectivity index (χ1) is 12.3. The van der Waals surface area contributed by atoms with Crippen LogP contribution in [0.5, 0.6) is 0 Å². The summed E-state index contributed by atoms with van der Waals surface area (Å²) < 4.78 is 0. The van der Waals surface area contributed by atoms with Crippen molar-refractivity contribution < 1.29 is 4.79 Å². The van der Waals surface area contributed by atoms with E-state index in [9.17, 15) is 4.79 Å². The summed E-state index contributed by atoms with van der Waals surface area (Å²) in [5, 5.41) is 18.9. The second-order valence-electron chi connectivity index (χ2n) is 7.36. The molecule has 3 saturated heterocycles. The van der Waals surface area contributed by atoms with Crippen LogP contribution in [-0.2, 0) is 0 Å². The summed E-state index contributed by atoms with van der Waals surface area (Å²) in [7, 11) is 0. The Labute approximate surface area is 151 Å². The molecule has 3 aliphatic heterocycles. The van der Waals surface area contributed by atoms with Gasteiger partial charge in [-0.1, -0.05) is 0 Å². The zero-order chi connectivity index (χ0) is 17.3. The lowest BCUT2D eigenvalue weighted by atomic mass is 10.1. The second-order valence-corrected chi connectivity index (χ2v) is 7.36. The summed E-state index contributed by atoms with van der Waals surface area (Å²) in [6, 6.07) is 0.184. The van der Waals surface area contributed by atoms with Gasteiger partial charge in [0.05, 0.1) is 12.3 Å². The third-order valence-corrected chi connectivity index (χ3v) is 5.33. The molecule has 0 aliphatic carbocycles. The van der Waals surface area contributed by atoms with Gasteiger partial charge in [0.25, 0.3) is 0 Å². The molecular weight excluding hydrogens is 318 g/mol. The van der Waals surface area contributed by atoms with Crippen LogP contribution in [0.15, 0.2) is 0 Å². The monoisotopic (exact) mass is 353 g/mol. The Bertz CT molecular complexity index is 388. The molecule has 8 heteroatoms. The molecular formula is C17H35N7O. The van der Waals surface area contributed by atoms with Gasteiger partial charge >= 0.3 is 6.03 Å². The molecule has 8 nitrogen and oxygen atoms in total. The minimum Gasteiger partial charge on any atom is -0.338 e. The molecule has 0 saturated carbocycles. The van der Waals surface area contributed by atoms with Gasteiger partial charge in [-0.15, -0.1) is 0 Å². The number of carbonyl (C=O) groups is 1. The number of hydrogen-bond acceptors (Lipinski definition) is 6. The average Bonchev–Trinajstić information content (AvgIpc) is 3.18. The van der Waals surface area contributed by atoms with E-state index in [-0.39, 0.29) is 12.1 Å². The van der Waals surface area contributed by atoms with E-state index in [2.05, 4.69) is 37.0 Å². The van der Waals surface area contributed by atoms with E-state index in [0.717, 1.165) is 52.0 Å². The molecule has 0 aromatic heterocycles. The molecule has 6 N–H and O–H groups in total. The first-order valence-corrected chi connectivity index (χ1v) is 10.1. The summed E-state index contributed by atoms with van der Waals surface area (Å²) in [6.45, 7) is 5.79. The maximum atomic E-state index is 12.0. The molecule has 3 heterocycles. The number of carbonyl (C=O) groups excluding carboxylic acids is 1. The van der Waals surface area contributed by atoms with Crippen LogP contribution in [0.3, 0.4) is 0 Å². The van der Waals surface area contributed by atoms with E-state index in [1.807, 2.05) is 0 Å². The van der Waals surface area contributed by atoms with Crippen LogP contribution in [-0.4, -0.2) is 68.7 Å². The highest BCUT2D eigenvalue weighted by Crippen LogP contribution is 2.13. The van der Waals surface area contributed by atoms with Gasteiger partial charge in [0.15, 0.2) is 0 Å². The van der Waals surface area contributed by atoms with Crippen LogP contribution in [0.2, 0.25) is 0 Å². The molecule has 3 fully saturated rings. The first-order valence-electron chi connectivity index (χ1n) is 10.1. The summed E-state index contributed by atoms with van der Waals surface area (Å²) in [4.78, 5) is 12.0. The number of nitrogens with zero attached hydrogens (tertiary/aromatic N) is 1. The standard InChI is InChI=1S/C17H35N7O/c25-17(20-10-3-9-19-15-5-1-2-8-18-15)23-14-6-7-16(21-13-14)24-12-4-11-22-24/h14-16,18-19,21-22H,1-13H2,(H2,20,23,25). The van der Waals surface area contributed by atoms with Crippen molar-refractivity contribution in [3.05, 3.63) is 0 Å². The van der Waals surface area contributed by atoms with E-state index in [1.165, 1.54) is 25.7 Å². The van der Waals surface area contributed by atoms with E-state index < -0.39 is 0 Å². The molecule has 3 unspecified atom stereocenters. The van der Waals surface area contributed by atoms with Gasteiger partial charge in [0, 0.05) is 32.2 Å². The number of urea groups is 1. The molecule has 2 amide bonds. The zero-order valence-electron chi connectivity index (χ0n) is 15.3. The van der Waals surface area contributed by atoms with Crippen molar-refractivity contribution in [1.82, 2.24) is 37.0 Å². The lowest BCUT2D eigenvalue weighted by Crippen LogP contribution is -2.58. The Hall–Kier alpha value is -0.930. The van der Waals surface area contributed by atoms with Crippen molar-refractivity contribution in [2.24, 2.45) is 0 Å². The Morgan fingerprint density at radius 3 is 2.72 bits per heavy atom. The molecule has 0 aromatic rings.